The topological polar surface area (TPSA) is 6.25 Å². The molecule has 0 saturated carbocycles. The summed E-state index contributed by atoms with van der Waals surface area (Å²) in [6, 6.07) is 13.8. The third-order valence-electron chi connectivity index (χ3n) is 9.13. The van der Waals surface area contributed by atoms with Crippen molar-refractivity contribution in [1.29, 1.82) is 0 Å². The van der Waals surface area contributed by atoms with E-state index in [0.29, 0.717) is 0 Å². The second-order valence-corrected chi connectivity index (χ2v) is 10.8. The monoisotopic (exact) mass is 493 g/mol. The molecule has 0 radical (unpaired) electrons. The highest BCUT2D eigenvalue weighted by molar-refractivity contribution is 6.03. The molecule has 4 rings (SSSR count). The SMILES string of the molecule is CCC1(CC)C(=CC=CC=CC=CC2=[N+](C)c3ccc(C)cc3C2(CC)CC)N(C)c2ccc(C)cc21. The van der Waals surface area contributed by atoms with Crippen molar-refractivity contribution >= 4 is 17.1 Å². The minimum absolute atomic E-state index is 0.0880. The molecule has 2 aliphatic heterocycles. The fourth-order valence-electron chi connectivity index (χ4n) is 6.84. The Bertz CT molecular complexity index is 1310. The summed E-state index contributed by atoms with van der Waals surface area (Å²) < 4.78 is 2.39. The molecule has 2 aliphatic rings. The average molecular weight is 494 g/mol. The van der Waals surface area contributed by atoms with Crippen molar-refractivity contribution in [3.63, 3.8) is 0 Å². The highest BCUT2D eigenvalue weighted by Gasteiger charge is 2.47. The van der Waals surface area contributed by atoms with Gasteiger partial charge in [-0.3, -0.25) is 0 Å². The van der Waals surface area contributed by atoms with Crippen LogP contribution in [0.1, 0.15) is 75.6 Å². The predicted octanol–water partition coefficient (Wildman–Crippen LogP) is 8.85. The maximum atomic E-state index is 2.39. The number of benzene rings is 2. The Balaban J connectivity index is 1.55. The van der Waals surface area contributed by atoms with E-state index in [0.717, 1.165) is 25.7 Å². The van der Waals surface area contributed by atoms with Gasteiger partial charge in [0.1, 0.15) is 7.05 Å². The quantitative estimate of drug-likeness (QED) is 0.263. The maximum Gasteiger partial charge on any atom is 0.209 e. The van der Waals surface area contributed by atoms with E-state index >= 15 is 0 Å². The number of nitrogens with zero attached hydrogens (tertiary/aromatic N) is 2. The lowest BCUT2D eigenvalue weighted by Gasteiger charge is -2.30. The fraction of sp³-hybridized carbons (Fsp3) is 0.400. The van der Waals surface area contributed by atoms with Crippen LogP contribution in [0.2, 0.25) is 0 Å². The molecule has 0 bridgehead atoms. The molecular formula is C35H45N2+. The molecule has 37 heavy (non-hydrogen) atoms. The highest BCUT2D eigenvalue weighted by atomic mass is 15.2. The van der Waals surface area contributed by atoms with Crippen LogP contribution in [-0.2, 0) is 10.8 Å². The number of hydrogen-bond acceptors (Lipinski definition) is 1. The Labute approximate surface area is 225 Å². The van der Waals surface area contributed by atoms with Crippen molar-refractivity contribution < 1.29 is 4.58 Å². The standard InChI is InChI=1S/C35H45N2/c1-9-34(10-2)28-24-26(5)20-22-30(28)36(7)32(34)18-16-14-13-15-17-19-33-35(11-3,12-4)29-25-27(6)21-23-31(29)37(33)8/h13-25H,9-12H2,1-8H3/q+1. The van der Waals surface area contributed by atoms with Crippen LogP contribution in [0.25, 0.3) is 0 Å². The van der Waals surface area contributed by atoms with Gasteiger partial charge in [0.25, 0.3) is 0 Å². The van der Waals surface area contributed by atoms with E-state index in [1.807, 2.05) is 0 Å². The lowest BCUT2D eigenvalue weighted by atomic mass is 9.73. The number of aryl methyl sites for hydroxylation is 2. The summed E-state index contributed by atoms with van der Waals surface area (Å²) in [5.74, 6) is 0. The van der Waals surface area contributed by atoms with Crippen molar-refractivity contribution in [2.75, 3.05) is 19.0 Å². The minimum atomic E-state index is 0.0880. The summed E-state index contributed by atoms with van der Waals surface area (Å²) in [6.45, 7) is 13.7. The van der Waals surface area contributed by atoms with Crippen LogP contribution in [0.5, 0.6) is 0 Å². The Morgan fingerprint density at radius 2 is 1.30 bits per heavy atom. The Kier molecular flexibility index (Phi) is 7.78. The molecule has 0 saturated heterocycles. The van der Waals surface area contributed by atoms with E-state index < -0.39 is 0 Å². The molecule has 194 valence electrons. The molecule has 0 amide bonds. The van der Waals surface area contributed by atoms with E-state index in [-0.39, 0.29) is 10.8 Å². The van der Waals surface area contributed by atoms with E-state index in [1.165, 1.54) is 45.0 Å². The number of fused-ring (bicyclic) bond motifs is 2. The van der Waals surface area contributed by atoms with Crippen LogP contribution >= 0.6 is 0 Å². The molecule has 0 aromatic heterocycles. The fourth-order valence-corrected chi connectivity index (χ4v) is 6.84. The number of hydrogen-bond donors (Lipinski definition) is 0. The Morgan fingerprint density at radius 1 is 0.730 bits per heavy atom. The average Bonchev–Trinajstić information content (AvgIpc) is 3.27. The zero-order chi connectivity index (χ0) is 26.8. The summed E-state index contributed by atoms with van der Waals surface area (Å²) in [5, 5.41) is 0. The normalized spacial score (nSPS) is 19.2. The van der Waals surface area contributed by atoms with Crippen molar-refractivity contribution in [2.24, 2.45) is 0 Å². The van der Waals surface area contributed by atoms with Crippen LogP contribution in [0.15, 0.2) is 84.6 Å². The summed E-state index contributed by atoms with van der Waals surface area (Å²) in [6.07, 6.45) is 19.9. The first-order valence-corrected chi connectivity index (χ1v) is 14.1. The summed E-state index contributed by atoms with van der Waals surface area (Å²) in [4.78, 5) is 2.39. The van der Waals surface area contributed by atoms with E-state index in [4.69, 9.17) is 0 Å². The summed E-state index contributed by atoms with van der Waals surface area (Å²) in [5.41, 5.74) is 11.3. The van der Waals surface area contributed by atoms with Gasteiger partial charge < -0.3 is 4.90 Å². The number of rotatable bonds is 8. The molecule has 0 unspecified atom stereocenters. The van der Waals surface area contributed by atoms with Crippen LogP contribution in [0.3, 0.4) is 0 Å². The van der Waals surface area contributed by atoms with Gasteiger partial charge in [0.15, 0.2) is 5.71 Å². The van der Waals surface area contributed by atoms with Crippen molar-refractivity contribution in [3.05, 3.63) is 107 Å². The molecule has 0 aliphatic carbocycles. The summed E-state index contributed by atoms with van der Waals surface area (Å²) in [7, 11) is 4.42. The number of likely N-dealkylation sites (N-methyl/N-ethyl adjacent to an activating group) is 1. The predicted molar refractivity (Wildman–Crippen MR) is 162 cm³/mol. The van der Waals surface area contributed by atoms with Gasteiger partial charge in [0.2, 0.25) is 5.69 Å². The molecule has 2 aromatic rings. The van der Waals surface area contributed by atoms with Gasteiger partial charge in [0.05, 0.1) is 5.41 Å². The molecule has 2 heterocycles. The molecule has 2 heteroatoms. The maximum absolute atomic E-state index is 2.39. The van der Waals surface area contributed by atoms with Crippen molar-refractivity contribution in [3.8, 4) is 0 Å². The molecule has 0 fully saturated rings. The molecule has 0 spiro atoms. The minimum Gasteiger partial charge on any atom is -0.347 e. The van der Waals surface area contributed by atoms with Crippen molar-refractivity contribution in [2.45, 2.75) is 78.1 Å². The van der Waals surface area contributed by atoms with E-state index in [2.05, 4.69) is 144 Å². The van der Waals surface area contributed by atoms with Crippen LogP contribution in [0, 0.1) is 13.8 Å². The first-order chi connectivity index (χ1) is 17.8. The molecule has 0 atom stereocenters. The molecule has 0 N–H and O–H groups in total. The Morgan fingerprint density at radius 3 is 1.95 bits per heavy atom. The van der Waals surface area contributed by atoms with E-state index in [9.17, 15) is 0 Å². The van der Waals surface area contributed by atoms with Crippen molar-refractivity contribution in [1.82, 2.24) is 0 Å². The summed E-state index contributed by atoms with van der Waals surface area (Å²) >= 11 is 0. The number of anilines is 1. The third kappa shape index (κ3) is 4.35. The van der Waals surface area contributed by atoms with Crippen LogP contribution in [0.4, 0.5) is 11.4 Å². The first kappa shape index (κ1) is 26.9. The van der Waals surface area contributed by atoms with Gasteiger partial charge in [-0.25, -0.2) is 0 Å². The first-order valence-electron chi connectivity index (χ1n) is 14.1. The Hall–Kier alpha value is -3.13. The zero-order valence-electron chi connectivity index (χ0n) is 24.2. The highest BCUT2D eigenvalue weighted by Crippen LogP contribution is 2.51. The van der Waals surface area contributed by atoms with Gasteiger partial charge in [-0.2, -0.15) is 4.58 Å². The number of allylic oxidation sites excluding steroid dienone is 8. The second kappa shape index (κ2) is 10.7. The smallest absolute Gasteiger partial charge is 0.209 e. The largest absolute Gasteiger partial charge is 0.347 e. The lowest BCUT2D eigenvalue weighted by molar-refractivity contribution is -0.401. The van der Waals surface area contributed by atoms with Gasteiger partial charge >= 0.3 is 0 Å². The second-order valence-electron chi connectivity index (χ2n) is 10.8. The van der Waals surface area contributed by atoms with Crippen LogP contribution < -0.4 is 4.90 Å². The van der Waals surface area contributed by atoms with Gasteiger partial charge in [0, 0.05) is 41.6 Å². The van der Waals surface area contributed by atoms with E-state index in [1.54, 1.807) is 0 Å². The third-order valence-corrected chi connectivity index (χ3v) is 9.13. The molecule has 2 aromatic carbocycles. The van der Waals surface area contributed by atoms with Gasteiger partial charge in [-0.15, -0.1) is 0 Å². The van der Waals surface area contributed by atoms with Gasteiger partial charge in [-0.05, 0) is 63.3 Å². The molecular weight excluding hydrogens is 448 g/mol. The zero-order valence-corrected chi connectivity index (χ0v) is 24.2. The van der Waals surface area contributed by atoms with Crippen LogP contribution in [-0.4, -0.2) is 24.4 Å². The molecule has 2 nitrogen and oxygen atoms in total. The lowest BCUT2D eigenvalue weighted by Crippen LogP contribution is -2.32. The van der Waals surface area contributed by atoms with Gasteiger partial charge in [-0.1, -0.05) is 87.4 Å².